The van der Waals surface area contributed by atoms with Gasteiger partial charge >= 0.3 is 0 Å². The van der Waals surface area contributed by atoms with Gasteiger partial charge in [-0.05, 0) is 58.3 Å². The number of hydrogen-bond donors (Lipinski definition) is 1. The molecule has 130 valence electrons. The van der Waals surface area contributed by atoms with Gasteiger partial charge in [0.25, 0.3) is 11.8 Å². The van der Waals surface area contributed by atoms with Gasteiger partial charge in [0.1, 0.15) is 0 Å². The SMILES string of the molecule is COc1cc(/C=N\N2C(=O)[C@@H]3[C@H](C2=O)[C@H]2C=C[C@H]3CC2)cc(Br)c1O. The molecule has 1 N–H and O–H groups in total. The summed E-state index contributed by atoms with van der Waals surface area (Å²) in [6.45, 7) is 0. The lowest BCUT2D eigenvalue weighted by Gasteiger charge is -2.37. The first kappa shape index (κ1) is 16.3. The Bertz CT molecular complexity index is 788. The van der Waals surface area contributed by atoms with Gasteiger partial charge in [0, 0.05) is 0 Å². The van der Waals surface area contributed by atoms with E-state index in [2.05, 4.69) is 33.2 Å². The van der Waals surface area contributed by atoms with Gasteiger partial charge in [-0.3, -0.25) is 9.59 Å². The van der Waals surface area contributed by atoms with Crippen LogP contribution in [0.15, 0.2) is 33.9 Å². The first-order chi connectivity index (χ1) is 12.0. The number of phenolic OH excluding ortho intramolecular Hbond substituents is 1. The maximum absolute atomic E-state index is 12.7. The fourth-order valence-corrected chi connectivity index (χ4v) is 4.58. The maximum Gasteiger partial charge on any atom is 0.254 e. The molecule has 0 radical (unpaired) electrons. The van der Waals surface area contributed by atoms with Gasteiger partial charge < -0.3 is 9.84 Å². The lowest BCUT2D eigenvalue weighted by Crippen LogP contribution is -2.38. The molecule has 2 amide bonds. The van der Waals surface area contributed by atoms with Crippen LogP contribution < -0.4 is 4.74 Å². The molecule has 1 aromatic carbocycles. The minimum atomic E-state index is -0.269. The Kier molecular flexibility index (Phi) is 3.91. The highest BCUT2D eigenvalue weighted by Crippen LogP contribution is 2.49. The number of aromatic hydroxyl groups is 1. The van der Waals surface area contributed by atoms with Crippen molar-refractivity contribution in [2.75, 3.05) is 7.11 Å². The molecule has 5 rings (SSSR count). The molecule has 0 unspecified atom stereocenters. The quantitative estimate of drug-likeness (QED) is 0.477. The summed E-state index contributed by atoms with van der Waals surface area (Å²) >= 11 is 3.24. The van der Waals surface area contributed by atoms with Crippen molar-refractivity contribution < 1.29 is 19.4 Å². The van der Waals surface area contributed by atoms with E-state index >= 15 is 0 Å². The third kappa shape index (κ3) is 2.49. The number of halogens is 1. The van der Waals surface area contributed by atoms with E-state index in [9.17, 15) is 14.7 Å². The number of imide groups is 1. The molecular formula is C18H17BrN2O4. The zero-order valence-corrected chi connectivity index (χ0v) is 15.1. The summed E-state index contributed by atoms with van der Waals surface area (Å²) in [5.41, 5.74) is 0.609. The molecule has 1 aromatic rings. The van der Waals surface area contributed by atoms with Crippen molar-refractivity contribution in [3.63, 3.8) is 0 Å². The molecule has 7 heteroatoms. The van der Waals surface area contributed by atoms with E-state index in [1.807, 2.05) is 0 Å². The van der Waals surface area contributed by atoms with Crippen molar-refractivity contribution in [1.29, 1.82) is 0 Å². The minimum absolute atomic E-state index is 0.0124. The van der Waals surface area contributed by atoms with Gasteiger partial charge in [0.2, 0.25) is 0 Å². The van der Waals surface area contributed by atoms with Crippen LogP contribution >= 0.6 is 15.9 Å². The Labute approximate surface area is 153 Å². The number of carbonyl (C=O) groups excluding carboxylic acids is 2. The smallest absolute Gasteiger partial charge is 0.254 e. The van der Waals surface area contributed by atoms with Crippen molar-refractivity contribution in [3.05, 3.63) is 34.3 Å². The highest BCUT2D eigenvalue weighted by Gasteiger charge is 2.56. The van der Waals surface area contributed by atoms with Gasteiger partial charge in [0.05, 0.1) is 29.6 Å². The second-order valence-electron chi connectivity index (χ2n) is 6.63. The Balaban J connectivity index is 1.62. The average molecular weight is 405 g/mol. The van der Waals surface area contributed by atoms with E-state index in [0.29, 0.717) is 10.0 Å². The Morgan fingerprint density at radius 3 is 2.32 bits per heavy atom. The van der Waals surface area contributed by atoms with E-state index in [4.69, 9.17) is 4.74 Å². The first-order valence-corrected chi connectivity index (χ1v) is 8.97. The molecule has 2 fully saturated rings. The summed E-state index contributed by atoms with van der Waals surface area (Å²) < 4.78 is 5.54. The average Bonchev–Trinajstić information content (AvgIpc) is 2.90. The van der Waals surface area contributed by atoms with Crippen LogP contribution in [0, 0.1) is 23.7 Å². The number of hydrazone groups is 1. The molecule has 25 heavy (non-hydrogen) atoms. The molecule has 6 nitrogen and oxygen atoms in total. The number of allylic oxidation sites excluding steroid dienone is 2. The Hall–Kier alpha value is -2.15. The number of phenols is 1. The van der Waals surface area contributed by atoms with Crippen molar-refractivity contribution in [2.45, 2.75) is 12.8 Å². The number of fused-ring (bicyclic) bond motifs is 1. The van der Waals surface area contributed by atoms with Crippen molar-refractivity contribution in [3.8, 4) is 11.5 Å². The second-order valence-corrected chi connectivity index (χ2v) is 7.48. The van der Waals surface area contributed by atoms with Gasteiger partial charge in [0.15, 0.2) is 11.5 Å². The number of ether oxygens (including phenoxy) is 1. The van der Waals surface area contributed by atoms with Crippen LogP contribution in [0.4, 0.5) is 0 Å². The molecule has 1 aliphatic heterocycles. The third-order valence-corrected chi connectivity index (χ3v) is 5.93. The molecule has 1 heterocycles. The van der Waals surface area contributed by atoms with Gasteiger partial charge in [-0.2, -0.15) is 10.1 Å². The number of hydrogen-bond acceptors (Lipinski definition) is 5. The second kappa shape index (κ2) is 5.98. The zero-order chi connectivity index (χ0) is 17.7. The van der Waals surface area contributed by atoms with Crippen LogP contribution in [-0.2, 0) is 9.59 Å². The fraction of sp³-hybridized carbons (Fsp3) is 0.389. The Morgan fingerprint density at radius 2 is 1.80 bits per heavy atom. The molecule has 0 spiro atoms. The lowest BCUT2D eigenvalue weighted by molar-refractivity contribution is -0.140. The minimum Gasteiger partial charge on any atom is -0.503 e. The Morgan fingerprint density at radius 1 is 1.20 bits per heavy atom. The van der Waals surface area contributed by atoms with Crippen molar-refractivity contribution >= 4 is 34.0 Å². The summed E-state index contributed by atoms with van der Waals surface area (Å²) in [4.78, 5) is 25.4. The van der Waals surface area contributed by atoms with E-state index in [-0.39, 0.29) is 47.0 Å². The van der Waals surface area contributed by atoms with Crippen LogP contribution in [0.2, 0.25) is 0 Å². The van der Waals surface area contributed by atoms with Crippen LogP contribution in [0.1, 0.15) is 18.4 Å². The molecule has 3 aliphatic carbocycles. The zero-order valence-electron chi connectivity index (χ0n) is 13.6. The summed E-state index contributed by atoms with van der Waals surface area (Å²) in [5, 5.41) is 15.0. The molecule has 4 aliphatic rings. The van der Waals surface area contributed by atoms with E-state index < -0.39 is 0 Å². The van der Waals surface area contributed by atoms with Crippen LogP contribution in [0.3, 0.4) is 0 Å². The van der Waals surface area contributed by atoms with E-state index in [0.717, 1.165) is 17.9 Å². The summed E-state index contributed by atoms with van der Waals surface area (Å²) in [5.74, 6) is -0.397. The van der Waals surface area contributed by atoms with E-state index in [1.54, 1.807) is 12.1 Å². The molecule has 0 aromatic heterocycles. The standard InChI is InChI=1S/C18H17BrN2O4/c1-25-13-7-9(6-12(19)16(13)22)8-20-21-17(23)14-10-2-3-11(5-4-10)15(14)18(21)24/h2-3,6-8,10-11,14-15,22H,4-5H2,1H3/b20-8-/t10-,11-,14-,15+/m0/s1. The number of benzene rings is 1. The van der Waals surface area contributed by atoms with Crippen molar-refractivity contribution in [1.82, 2.24) is 5.01 Å². The summed E-state index contributed by atoms with van der Waals surface area (Å²) in [7, 11) is 1.45. The number of amides is 2. The predicted octanol–water partition coefficient (Wildman–Crippen LogP) is 2.69. The van der Waals surface area contributed by atoms with Crippen LogP contribution in [0.5, 0.6) is 11.5 Å². The molecule has 4 atom stereocenters. The van der Waals surface area contributed by atoms with Gasteiger partial charge in [-0.15, -0.1) is 0 Å². The largest absolute Gasteiger partial charge is 0.503 e. The summed E-state index contributed by atoms with van der Waals surface area (Å²) in [6.07, 6.45) is 7.52. The number of nitrogens with zero attached hydrogens (tertiary/aromatic N) is 2. The van der Waals surface area contributed by atoms with Crippen LogP contribution in [0.25, 0.3) is 0 Å². The highest BCUT2D eigenvalue weighted by molar-refractivity contribution is 9.10. The molecular weight excluding hydrogens is 388 g/mol. The number of rotatable bonds is 3. The fourth-order valence-electron chi connectivity index (χ4n) is 4.12. The maximum atomic E-state index is 12.7. The highest BCUT2D eigenvalue weighted by atomic mass is 79.9. The normalized spacial score (nSPS) is 30.4. The van der Waals surface area contributed by atoms with Gasteiger partial charge in [-0.1, -0.05) is 12.2 Å². The number of methoxy groups -OCH3 is 1. The molecule has 2 bridgehead atoms. The molecule has 1 saturated heterocycles. The predicted molar refractivity (Wildman–Crippen MR) is 94.1 cm³/mol. The van der Waals surface area contributed by atoms with Crippen LogP contribution in [-0.4, -0.2) is 35.3 Å². The topological polar surface area (TPSA) is 79.2 Å². The summed E-state index contributed by atoms with van der Waals surface area (Å²) in [6, 6.07) is 3.23. The first-order valence-electron chi connectivity index (χ1n) is 8.18. The van der Waals surface area contributed by atoms with Crippen molar-refractivity contribution in [2.24, 2.45) is 28.8 Å². The third-order valence-electron chi connectivity index (χ3n) is 5.33. The monoisotopic (exact) mass is 404 g/mol. The molecule has 1 saturated carbocycles. The van der Waals surface area contributed by atoms with Gasteiger partial charge in [-0.25, -0.2) is 0 Å². The lowest BCUT2D eigenvalue weighted by atomic mass is 9.63. The number of carbonyl (C=O) groups is 2. The van der Waals surface area contributed by atoms with E-state index in [1.165, 1.54) is 13.3 Å².